The molecule has 2 amide bonds. The van der Waals surface area contributed by atoms with Crippen molar-refractivity contribution in [3.63, 3.8) is 0 Å². The molecule has 23 heavy (non-hydrogen) atoms. The Morgan fingerprint density at radius 2 is 1.87 bits per heavy atom. The highest BCUT2D eigenvalue weighted by molar-refractivity contribution is 5.73. The van der Waals surface area contributed by atoms with Crippen LogP contribution >= 0.6 is 0 Å². The largest absolute Gasteiger partial charge is 0.388 e. The predicted octanol–water partition coefficient (Wildman–Crippen LogP) is 1.96. The quantitative estimate of drug-likeness (QED) is 0.725. The number of amides is 2. The molecule has 1 aliphatic carbocycles. The average Bonchev–Trinajstić information content (AvgIpc) is 2.69. The average molecular weight is 322 g/mol. The molecule has 1 fully saturated rings. The van der Waals surface area contributed by atoms with Crippen molar-refractivity contribution in [2.75, 3.05) is 13.1 Å². The number of nitrogens with one attached hydrogen (secondary N) is 2. The lowest BCUT2D eigenvalue weighted by Crippen LogP contribution is -2.46. The number of aliphatic hydroxyl groups is 1. The lowest BCUT2D eigenvalue weighted by Gasteiger charge is -2.26. The highest BCUT2D eigenvalue weighted by atomic mass is 16.3. The Morgan fingerprint density at radius 3 is 2.43 bits per heavy atom. The molecule has 2 rings (SSSR count). The van der Waals surface area contributed by atoms with E-state index in [1.165, 1.54) is 18.4 Å². The van der Waals surface area contributed by atoms with Crippen LogP contribution in [0.5, 0.6) is 0 Å². The molecule has 1 heterocycles. The first-order chi connectivity index (χ1) is 10.9. The molecule has 0 bridgehead atoms. The standard InChI is InChI=1S/C17H30N4O2/c1-13-15(14(2)21(3)20-13)8-11-18-16(22)19-12-17(23)9-6-4-5-7-10-17/h23H,4-12H2,1-3H3,(H2,18,19,22). The minimum absolute atomic E-state index is 0.207. The van der Waals surface area contributed by atoms with Gasteiger partial charge >= 0.3 is 6.03 Å². The first-order valence-electron chi connectivity index (χ1n) is 8.64. The zero-order valence-electron chi connectivity index (χ0n) is 14.6. The molecule has 0 spiro atoms. The number of hydrogen-bond acceptors (Lipinski definition) is 3. The SMILES string of the molecule is Cc1nn(C)c(C)c1CCNC(=O)NCC1(O)CCCCCC1. The van der Waals surface area contributed by atoms with Gasteiger partial charge in [0.05, 0.1) is 11.3 Å². The molecule has 1 aromatic rings. The fraction of sp³-hybridized carbons (Fsp3) is 0.765. The Kier molecular flexibility index (Phi) is 6.04. The molecule has 1 aliphatic rings. The van der Waals surface area contributed by atoms with Crippen LogP contribution in [0.3, 0.4) is 0 Å². The van der Waals surface area contributed by atoms with Gasteiger partial charge in [0.1, 0.15) is 0 Å². The third-order valence-corrected chi connectivity index (χ3v) is 4.93. The van der Waals surface area contributed by atoms with Gasteiger partial charge in [-0.2, -0.15) is 5.10 Å². The third kappa shape index (κ3) is 4.96. The van der Waals surface area contributed by atoms with Crippen LogP contribution in [0.2, 0.25) is 0 Å². The molecule has 130 valence electrons. The molecule has 6 heteroatoms. The van der Waals surface area contributed by atoms with Crippen LogP contribution in [0.4, 0.5) is 4.79 Å². The van der Waals surface area contributed by atoms with Gasteiger partial charge in [0.15, 0.2) is 0 Å². The van der Waals surface area contributed by atoms with Crippen molar-refractivity contribution in [1.82, 2.24) is 20.4 Å². The van der Waals surface area contributed by atoms with Gasteiger partial charge in [-0.1, -0.05) is 25.7 Å². The summed E-state index contributed by atoms with van der Waals surface area (Å²) in [5, 5.41) is 20.6. The van der Waals surface area contributed by atoms with Crippen molar-refractivity contribution in [3.05, 3.63) is 17.0 Å². The maximum Gasteiger partial charge on any atom is 0.314 e. The van der Waals surface area contributed by atoms with E-state index in [1.54, 1.807) is 0 Å². The summed E-state index contributed by atoms with van der Waals surface area (Å²) in [6.07, 6.45) is 6.77. The van der Waals surface area contributed by atoms with Crippen molar-refractivity contribution in [1.29, 1.82) is 0 Å². The van der Waals surface area contributed by atoms with E-state index in [0.717, 1.165) is 43.5 Å². The highest BCUT2D eigenvalue weighted by Gasteiger charge is 2.28. The smallest absolute Gasteiger partial charge is 0.314 e. The van der Waals surface area contributed by atoms with Gasteiger partial charge in [0.2, 0.25) is 0 Å². The summed E-state index contributed by atoms with van der Waals surface area (Å²) in [6, 6.07) is -0.207. The minimum atomic E-state index is -0.732. The van der Waals surface area contributed by atoms with E-state index in [9.17, 15) is 9.90 Å². The van der Waals surface area contributed by atoms with Crippen LogP contribution in [0.25, 0.3) is 0 Å². The second-order valence-electron chi connectivity index (χ2n) is 6.77. The Bertz CT molecular complexity index is 531. The minimum Gasteiger partial charge on any atom is -0.388 e. The molecule has 1 aromatic heterocycles. The van der Waals surface area contributed by atoms with Gasteiger partial charge < -0.3 is 15.7 Å². The van der Waals surface area contributed by atoms with Crippen LogP contribution in [0.1, 0.15) is 55.5 Å². The molecule has 1 saturated carbocycles. The fourth-order valence-corrected chi connectivity index (χ4v) is 3.35. The molecular formula is C17H30N4O2. The predicted molar refractivity (Wildman–Crippen MR) is 90.4 cm³/mol. The number of hydrogen-bond donors (Lipinski definition) is 3. The van der Waals surface area contributed by atoms with E-state index in [2.05, 4.69) is 15.7 Å². The van der Waals surface area contributed by atoms with Crippen molar-refractivity contribution < 1.29 is 9.90 Å². The van der Waals surface area contributed by atoms with Crippen molar-refractivity contribution >= 4 is 6.03 Å². The lowest BCUT2D eigenvalue weighted by atomic mass is 9.95. The molecular weight excluding hydrogens is 292 g/mol. The Morgan fingerprint density at radius 1 is 1.22 bits per heavy atom. The van der Waals surface area contributed by atoms with Gasteiger partial charge in [0, 0.05) is 25.8 Å². The van der Waals surface area contributed by atoms with E-state index >= 15 is 0 Å². The summed E-state index contributed by atoms with van der Waals surface area (Å²) >= 11 is 0. The van der Waals surface area contributed by atoms with Crippen LogP contribution in [0.15, 0.2) is 0 Å². The number of aryl methyl sites for hydroxylation is 2. The molecule has 0 saturated heterocycles. The molecule has 6 nitrogen and oxygen atoms in total. The van der Waals surface area contributed by atoms with Gasteiger partial charge in [-0.25, -0.2) is 4.79 Å². The van der Waals surface area contributed by atoms with Crippen molar-refractivity contribution in [2.45, 2.75) is 64.4 Å². The summed E-state index contributed by atoms with van der Waals surface area (Å²) < 4.78 is 1.87. The summed E-state index contributed by atoms with van der Waals surface area (Å²) in [4.78, 5) is 11.9. The van der Waals surface area contributed by atoms with E-state index in [4.69, 9.17) is 0 Å². The normalized spacial score (nSPS) is 17.6. The first kappa shape index (κ1) is 17.8. The molecule has 0 aliphatic heterocycles. The summed E-state index contributed by atoms with van der Waals surface area (Å²) in [7, 11) is 1.93. The van der Waals surface area contributed by atoms with Crippen LogP contribution in [-0.4, -0.2) is 39.6 Å². The van der Waals surface area contributed by atoms with Gasteiger partial charge in [-0.15, -0.1) is 0 Å². The number of carbonyl (C=O) groups is 1. The Hall–Kier alpha value is -1.56. The van der Waals surface area contributed by atoms with Crippen LogP contribution in [0, 0.1) is 13.8 Å². The highest BCUT2D eigenvalue weighted by Crippen LogP contribution is 2.26. The number of urea groups is 1. The summed E-state index contributed by atoms with van der Waals surface area (Å²) in [5.74, 6) is 0. The Balaban J connectivity index is 1.72. The third-order valence-electron chi connectivity index (χ3n) is 4.93. The second-order valence-corrected chi connectivity index (χ2v) is 6.77. The summed E-state index contributed by atoms with van der Waals surface area (Å²) in [5.41, 5.74) is 2.61. The topological polar surface area (TPSA) is 79.2 Å². The van der Waals surface area contributed by atoms with E-state index in [0.29, 0.717) is 13.1 Å². The molecule has 0 aromatic carbocycles. The van der Waals surface area contributed by atoms with Gasteiger partial charge in [-0.3, -0.25) is 4.68 Å². The second kappa shape index (κ2) is 7.81. The number of aromatic nitrogens is 2. The van der Waals surface area contributed by atoms with Crippen LogP contribution < -0.4 is 10.6 Å². The Labute approximate surface area is 138 Å². The monoisotopic (exact) mass is 322 g/mol. The lowest BCUT2D eigenvalue weighted by molar-refractivity contribution is 0.0277. The van der Waals surface area contributed by atoms with Crippen LogP contribution in [-0.2, 0) is 13.5 Å². The maximum atomic E-state index is 11.9. The molecule has 0 unspecified atom stereocenters. The van der Waals surface area contributed by atoms with Crippen molar-refractivity contribution in [2.24, 2.45) is 7.05 Å². The molecule has 3 N–H and O–H groups in total. The molecule has 0 atom stereocenters. The van der Waals surface area contributed by atoms with Gasteiger partial charge in [0.25, 0.3) is 0 Å². The number of carbonyl (C=O) groups excluding carboxylic acids is 1. The number of rotatable bonds is 5. The fourth-order valence-electron chi connectivity index (χ4n) is 3.35. The van der Waals surface area contributed by atoms with E-state index in [-0.39, 0.29) is 6.03 Å². The van der Waals surface area contributed by atoms with Crippen molar-refractivity contribution in [3.8, 4) is 0 Å². The summed E-state index contributed by atoms with van der Waals surface area (Å²) in [6.45, 7) is 4.93. The van der Waals surface area contributed by atoms with E-state index < -0.39 is 5.60 Å². The zero-order valence-corrected chi connectivity index (χ0v) is 14.6. The molecule has 0 radical (unpaired) electrons. The van der Waals surface area contributed by atoms with Gasteiger partial charge in [-0.05, 0) is 38.7 Å². The maximum absolute atomic E-state index is 11.9. The number of nitrogens with zero attached hydrogens (tertiary/aromatic N) is 2. The van der Waals surface area contributed by atoms with E-state index in [1.807, 2.05) is 25.6 Å². The first-order valence-corrected chi connectivity index (χ1v) is 8.64. The zero-order chi connectivity index (χ0) is 16.9.